The van der Waals surface area contributed by atoms with Crippen LogP contribution in [-0.2, 0) is 6.42 Å². The molecule has 0 saturated heterocycles. The van der Waals surface area contributed by atoms with E-state index in [4.69, 9.17) is 16.7 Å². The summed E-state index contributed by atoms with van der Waals surface area (Å²) in [4.78, 5) is 3.94. The van der Waals surface area contributed by atoms with Gasteiger partial charge in [0, 0.05) is 6.20 Å². The lowest BCUT2D eigenvalue weighted by atomic mass is 10.1. The number of aryl methyl sites for hydroxylation is 1. The van der Waals surface area contributed by atoms with Gasteiger partial charge in [-0.3, -0.25) is 0 Å². The second kappa shape index (κ2) is 4.43. The normalized spacial score (nSPS) is 12.9. The van der Waals surface area contributed by atoms with Crippen molar-refractivity contribution >= 4 is 11.6 Å². The van der Waals surface area contributed by atoms with Crippen molar-refractivity contribution in [2.75, 3.05) is 0 Å². The smallest absolute Gasteiger partial charge is 0.129 e. The molecule has 66 valence electrons. The molecule has 0 aliphatic rings. The molecule has 0 unspecified atom stereocenters. The molecule has 0 amide bonds. The molecule has 0 aliphatic carbocycles. The van der Waals surface area contributed by atoms with Crippen molar-refractivity contribution < 1.29 is 5.11 Å². The van der Waals surface area contributed by atoms with Crippen molar-refractivity contribution in [2.24, 2.45) is 0 Å². The maximum absolute atomic E-state index is 9.02. The van der Waals surface area contributed by atoms with E-state index in [9.17, 15) is 0 Å². The predicted octanol–water partition coefficient (Wildman–Crippen LogP) is 2.05. The number of nitrogens with zero attached hydrogens (tertiary/aromatic N) is 1. The highest BCUT2D eigenvalue weighted by atomic mass is 35.5. The number of pyridine rings is 1. The minimum Gasteiger partial charge on any atom is -0.393 e. The average molecular weight is 186 g/mol. The van der Waals surface area contributed by atoms with Gasteiger partial charge < -0.3 is 5.11 Å². The predicted molar refractivity (Wildman–Crippen MR) is 49.2 cm³/mol. The lowest BCUT2D eigenvalue weighted by Crippen LogP contribution is -2.01. The summed E-state index contributed by atoms with van der Waals surface area (Å²) in [6.45, 7) is 1.78. The molecule has 1 aromatic rings. The van der Waals surface area contributed by atoms with E-state index in [2.05, 4.69) is 4.98 Å². The summed E-state index contributed by atoms with van der Waals surface area (Å²) in [7, 11) is 0. The van der Waals surface area contributed by atoms with E-state index in [0.29, 0.717) is 5.15 Å². The van der Waals surface area contributed by atoms with Crippen molar-refractivity contribution in [1.29, 1.82) is 0 Å². The minimum atomic E-state index is -0.249. The third-order valence-corrected chi connectivity index (χ3v) is 1.86. The Balaban J connectivity index is 2.48. The fourth-order valence-electron chi connectivity index (χ4n) is 0.930. The zero-order valence-electron chi connectivity index (χ0n) is 7.00. The second-order valence-corrected chi connectivity index (χ2v) is 3.26. The highest BCUT2D eigenvalue weighted by molar-refractivity contribution is 6.29. The molecule has 1 rings (SSSR count). The Hall–Kier alpha value is -0.600. The van der Waals surface area contributed by atoms with Crippen molar-refractivity contribution in [2.45, 2.75) is 25.9 Å². The number of hydrogen-bond acceptors (Lipinski definition) is 2. The fourth-order valence-corrected chi connectivity index (χ4v) is 1.04. The van der Waals surface area contributed by atoms with E-state index < -0.39 is 0 Å². The Labute approximate surface area is 77.2 Å². The van der Waals surface area contributed by atoms with Crippen LogP contribution in [0.15, 0.2) is 18.3 Å². The van der Waals surface area contributed by atoms with Crippen LogP contribution in [0.3, 0.4) is 0 Å². The molecule has 0 spiro atoms. The number of hydrogen-bond donors (Lipinski definition) is 1. The van der Waals surface area contributed by atoms with Crippen LogP contribution in [0.4, 0.5) is 0 Å². The van der Waals surface area contributed by atoms with Crippen LogP contribution in [0, 0.1) is 0 Å². The maximum atomic E-state index is 9.02. The number of aromatic nitrogens is 1. The van der Waals surface area contributed by atoms with Gasteiger partial charge in [0.1, 0.15) is 5.15 Å². The van der Waals surface area contributed by atoms with Gasteiger partial charge in [0.25, 0.3) is 0 Å². The first-order chi connectivity index (χ1) is 5.68. The van der Waals surface area contributed by atoms with Gasteiger partial charge in [0.2, 0.25) is 0 Å². The van der Waals surface area contributed by atoms with Gasteiger partial charge in [-0.2, -0.15) is 0 Å². The van der Waals surface area contributed by atoms with Crippen LogP contribution in [-0.4, -0.2) is 16.2 Å². The summed E-state index contributed by atoms with van der Waals surface area (Å²) in [6.07, 6.45) is 3.11. The largest absolute Gasteiger partial charge is 0.393 e. The molecule has 1 N–H and O–H groups in total. The molecule has 0 aliphatic heterocycles. The zero-order chi connectivity index (χ0) is 8.97. The fraction of sp³-hybridized carbons (Fsp3) is 0.444. The van der Waals surface area contributed by atoms with Crippen LogP contribution >= 0.6 is 11.6 Å². The Morgan fingerprint density at radius 3 is 2.83 bits per heavy atom. The monoisotopic (exact) mass is 185 g/mol. The van der Waals surface area contributed by atoms with E-state index >= 15 is 0 Å². The summed E-state index contributed by atoms with van der Waals surface area (Å²) in [5.74, 6) is 0. The van der Waals surface area contributed by atoms with Crippen molar-refractivity contribution in [3.63, 3.8) is 0 Å². The maximum Gasteiger partial charge on any atom is 0.129 e. The first-order valence-electron chi connectivity index (χ1n) is 3.97. The molecule has 0 bridgehead atoms. The molecule has 0 fully saturated rings. The standard InChI is InChI=1S/C9H12ClNO/c1-7(12)2-3-8-4-5-9(10)11-6-8/h4-7,12H,2-3H2,1H3/t7-/m0/s1. The van der Waals surface area contributed by atoms with Crippen LogP contribution in [0.2, 0.25) is 5.15 Å². The number of halogens is 1. The van der Waals surface area contributed by atoms with E-state index in [-0.39, 0.29) is 6.10 Å². The van der Waals surface area contributed by atoms with E-state index in [1.54, 1.807) is 19.2 Å². The molecule has 3 heteroatoms. The quantitative estimate of drug-likeness (QED) is 0.732. The van der Waals surface area contributed by atoms with Gasteiger partial charge in [-0.05, 0) is 31.4 Å². The third-order valence-electron chi connectivity index (χ3n) is 1.64. The highest BCUT2D eigenvalue weighted by Gasteiger charge is 1.97. The molecular formula is C9H12ClNO. The Kier molecular flexibility index (Phi) is 3.50. The summed E-state index contributed by atoms with van der Waals surface area (Å²) in [5.41, 5.74) is 1.11. The number of rotatable bonds is 3. The molecule has 1 aromatic heterocycles. The van der Waals surface area contributed by atoms with Gasteiger partial charge in [0.15, 0.2) is 0 Å². The summed E-state index contributed by atoms with van der Waals surface area (Å²) in [6, 6.07) is 3.69. The Bertz CT molecular complexity index is 233. The lowest BCUT2D eigenvalue weighted by molar-refractivity contribution is 0.185. The Morgan fingerprint density at radius 1 is 1.58 bits per heavy atom. The van der Waals surface area contributed by atoms with Crippen molar-refractivity contribution in [1.82, 2.24) is 4.98 Å². The molecule has 0 radical (unpaired) electrons. The lowest BCUT2D eigenvalue weighted by Gasteiger charge is -2.02. The van der Waals surface area contributed by atoms with Crippen LogP contribution in [0.5, 0.6) is 0 Å². The van der Waals surface area contributed by atoms with Gasteiger partial charge in [0.05, 0.1) is 6.10 Å². The van der Waals surface area contributed by atoms with Crippen molar-refractivity contribution in [3.05, 3.63) is 29.0 Å². The van der Waals surface area contributed by atoms with Crippen LogP contribution < -0.4 is 0 Å². The molecule has 1 heterocycles. The molecule has 2 nitrogen and oxygen atoms in total. The molecular weight excluding hydrogens is 174 g/mol. The van der Waals surface area contributed by atoms with Gasteiger partial charge in [-0.1, -0.05) is 17.7 Å². The van der Waals surface area contributed by atoms with E-state index in [0.717, 1.165) is 18.4 Å². The summed E-state index contributed by atoms with van der Waals surface area (Å²) >= 11 is 5.61. The van der Waals surface area contributed by atoms with Crippen LogP contribution in [0.25, 0.3) is 0 Å². The molecule has 1 atom stereocenters. The van der Waals surface area contributed by atoms with E-state index in [1.165, 1.54) is 0 Å². The topological polar surface area (TPSA) is 33.1 Å². The summed E-state index contributed by atoms with van der Waals surface area (Å²) in [5, 5.41) is 9.53. The Morgan fingerprint density at radius 2 is 2.33 bits per heavy atom. The number of aliphatic hydroxyl groups is 1. The third kappa shape index (κ3) is 3.20. The molecule has 0 aromatic carbocycles. The number of aliphatic hydroxyl groups excluding tert-OH is 1. The van der Waals surface area contributed by atoms with Crippen LogP contribution in [0.1, 0.15) is 18.9 Å². The first-order valence-corrected chi connectivity index (χ1v) is 4.35. The van der Waals surface area contributed by atoms with Crippen molar-refractivity contribution in [3.8, 4) is 0 Å². The molecule has 12 heavy (non-hydrogen) atoms. The average Bonchev–Trinajstić information content (AvgIpc) is 2.03. The second-order valence-electron chi connectivity index (χ2n) is 2.88. The first kappa shape index (κ1) is 9.49. The van der Waals surface area contributed by atoms with Gasteiger partial charge in [-0.15, -0.1) is 0 Å². The summed E-state index contributed by atoms with van der Waals surface area (Å²) < 4.78 is 0. The SMILES string of the molecule is C[C@H](O)CCc1ccc(Cl)nc1. The minimum absolute atomic E-state index is 0.249. The molecule has 0 saturated carbocycles. The van der Waals surface area contributed by atoms with E-state index in [1.807, 2.05) is 6.07 Å². The van der Waals surface area contributed by atoms with Gasteiger partial charge >= 0.3 is 0 Å². The zero-order valence-corrected chi connectivity index (χ0v) is 7.75. The van der Waals surface area contributed by atoms with Gasteiger partial charge in [-0.25, -0.2) is 4.98 Å². The highest BCUT2D eigenvalue weighted by Crippen LogP contribution is 2.07.